The first-order chi connectivity index (χ1) is 11.1. The highest BCUT2D eigenvalue weighted by Crippen LogP contribution is 2.22. The SMILES string of the molecule is C[C@H](NC(=O)c1cccc(N2CCCC2=O)c1)c1ccncc1. The van der Waals surface area contributed by atoms with Gasteiger partial charge in [0, 0.05) is 36.6 Å². The standard InChI is InChI=1S/C18H19N3O2/c1-13(14-7-9-19-10-8-14)20-18(23)15-4-2-5-16(12-15)21-11-3-6-17(21)22/h2,4-5,7-10,12-13H,3,6,11H2,1H3,(H,20,23)/t13-/m0/s1. The van der Waals surface area contributed by atoms with E-state index >= 15 is 0 Å². The molecule has 0 spiro atoms. The normalized spacial score (nSPS) is 15.5. The number of hydrogen-bond donors (Lipinski definition) is 1. The summed E-state index contributed by atoms with van der Waals surface area (Å²) in [5, 5.41) is 2.97. The van der Waals surface area contributed by atoms with Crippen molar-refractivity contribution in [3.8, 4) is 0 Å². The maximum atomic E-state index is 12.4. The smallest absolute Gasteiger partial charge is 0.251 e. The van der Waals surface area contributed by atoms with Crippen LogP contribution >= 0.6 is 0 Å². The van der Waals surface area contributed by atoms with E-state index in [0.717, 1.165) is 24.2 Å². The second kappa shape index (κ2) is 6.60. The highest BCUT2D eigenvalue weighted by molar-refractivity contribution is 5.99. The maximum Gasteiger partial charge on any atom is 0.251 e. The molecule has 2 amide bonds. The number of nitrogens with one attached hydrogen (secondary N) is 1. The van der Waals surface area contributed by atoms with Crippen LogP contribution in [0.25, 0.3) is 0 Å². The maximum absolute atomic E-state index is 12.4. The van der Waals surface area contributed by atoms with Crippen molar-refractivity contribution in [1.82, 2.24) is 10.3 Å². The molecule has 2 heterocycles. The fourth-order valence-corrected chi connectivity index (χ4v) is 2.75. The van der Waals surface area contributed by atoms with Crippen LogP contribution < -0.4 is 10.2 Å². The molecule has 5 heteroatoms. The number of aromatic nitrogens is 1. The average molecular weight is 309 g/mol. The summed E-state index contributed by atoms with van der Waals surface area (Å²) in [4.78, 5) is 30.0. The van der Waals surface area contributed by atoms with Crippen molar-refractivity contribution < 1.29 is 9.59 Å². The molecular weight excluding hydrogens is 290 g/mol. The van der Waals surface area contributed by atoms with E-state index in [0.29, 0.717) is 12.0 Å². The fourth-order valence-electron chi connectivity index (χ4n) is 2.75. The van der Waals surface area contributed by atoms with E-state index in [2.05, 4.69) is 10.3 Å². The molecule has 1 aromatic carbocycles. The van der Waals surface area contributed by atoms with Gasteiger partial charge in [0.25, 0.3) is 5.91 Å². The third kappa shape index (κ3) is 3.39. The van der Waals surface area contributed by atoms with Gasteiger partial charge in [0.2, 0.25) is 5.91 Å². The minimum atomic E-state index is -0.150. The zero-order valence-electron chi connectivity index (χ0n) is 13.0. The number of benzene rings is 1. The Morgan fingerprint density at radius 1 is 1.26 bits per heavy atom. The third-order valence-electron chi connectivity index (χ3n) is 4.05. The van der Waals surface area contributed by atoms with Gasteiger partial charge in [-0.05, 0) is 49.2 Å². The summed E-state index contributed by atoms with van der Waals surface area (Å²) in [7, 11) is 0. The Morgan fingerprint density at radius 2 is 2.04 bits per heavy atom. The second-order valence-electron chi connectivity index (χ2n) is 5.67. The molecule has 0 radical (unpaired) electrons. The lowest BCUT2D eigenvalue weighted by atomic mass is 10.1. The lowest BCUT2D eigenvalue weighted by molar-refractivity contribution is -0.117. The van der Waals surface area contributed by atoms with E-state index in [1.807, 2.05) is 31.2 Å². The number of rotatable bonds is 4. The zero-order chi connectivity index (χ0) is 16.2. The van der Waals surface area contributed by atoms with Gasteiger partial charge in [-0.2, -0.15) is 0 Å². The largest absolute Gasteiger partial charge is 0.346 e. The topological polar surface area (TPSA) is 62.3 Å². The predicted octanol–water partition coefficient (Wildman–Crippen LogP) is 2.70. The monoisotopic (exact) mass is 309 g/mol. The van der Waals surface area contributed by atoms with Crippen LogP contribution in [0.3, 0.4) is 0 Å². The molecular formula is C18H19N3O2. The Morgan fingerprint density at radius 3 is 2.74 bits per heavy atom. The third-order valence-corrected chi connectivity index (χ3v) is 4.05. The number of nitrogens with zero attached hydrogens (tertiary/aromatic N) is 2. The first kappa shape index (κ1) is 15.2. The number of pyridine rings is 1. The summed E-state index contributed by atoms with van der Waals surface area (Å²) in [6.07, 6.45) is 4.86. The molecule has 1 aliphatic heterocycles. The van der Waals surface area contributed by atoms with Gasteiger partial charge in [-0.1, -0.05) is 6.07 Å². The van der Waals surface area contributed by atoms with E-state index in [9.17, 15) is 9.59 Å². The van der Waals surface area contributed by atoms with Gasteiger partial charge < -0.3 is 10.2 Å². The molecule has 1 aliphatic rings. The molecule has 1 N–H and O–H groups in total. The number of hydrogen-bond acceptors (Lipinski definition) is 3. The minimum Gasteiger partial charge on any atom is -0.346 e. The number of amides is 2. The molecule has 5 nitrogen and oxygen atoms in total. The van der Waals surface area contributed by atoms with Gasteiger partial charge in [0.1, 0.15) is 0 Å². The van der Waals surface area contributed by atoms with Crippen molar-refractivity contribution >= 4 is 17.5 Å². The minimum absolute atomic E-state index is 0.109. The van der Waals surface area contributed by atoms with Crippen LogP contribution in [-0.4, -0.2) is 23.3 Å². The van der Waals surface area contributed by atoms with E-state index in [-0.39, 0.29) is 17.9 Å². The lowest BCUT2D eigenvalue weighted by Crippen LogP contribution is -2.27. The van der Waals surface area contributed by atoms with E-state index in [1.165, 1.54) is 0 Å². The summed E-state index contributed by atoms with van der Waals surface area (Å²) < 4.78 is 0. The first-order valence-electron chi connectivity index (χ1n) is 7.76. The Hall–Kier alpha value is -2.69. The van der Waals surface area contributed by atoms with Crippen LogP contribution in [0.15, 0.2) is 48.8 Å². The van der Waals surface area contributed by atoms with E-state index < -0.39 is 0 Å². The summed E-state index contributed by atoms with van der Waals surface area (Å²) in [6.45, 7) is 2.65. The van der Waals surface area contributed by atoms with Crippen LogP contribution in [0.5, 0.6) is 0 Å². The number of carbonyl (C=O) groups excluding carboxylic acids is 2. The molecule has 2 aromatic rings. The average Bonchev–Trinajstić information content (AvgIpc) is 3.02. The first-order valence-corrected chi connectivity index (χ1v) is 7.76. The molecule has 1 saturated heterocycles. The zero-order valence-corrected chi connectivity index (χ0v) is 13.0. The molecule has 1 aromatic heterocycles. The van der Waals surface area contributed by atoms with Gasteiger partial charge in [-0.15, -0.1) is 0 Å². The van der Waals surface area contributed by atoms with Crippen LogP contribution in [0.1, 0.15) is 41.7 Å². The molecule has 0 bridgehead atoms. The summed E-state index contributed by atoms with van der Waals surface area (Å²) in [6, 6.07) is 10.9. The fraction of sp³-hybridized carbons (Fsp3) is 0.278. The number of carbonyl (C=O) groups is 2. The van der Waals surface area contributed by atoms with E-state index in [4.69, 9.17) is 0 Å². The van der Waals surface area contributed by atoms with Crippen molar-refractivity contribution in [3.05, 3.63) is 59.9 Å². The van der Waals surface area contributed by atoms with Gasteiger partial charge >= 0.3 is 0 Å². The molecule has 1 atom stereocenters. The van der Waals surface area contributed by atoms with Gasteiger partial charge in [-0.3, -0.25) is 14.6 Å². The Labute approximate surface area is 135 Å². The summed E-state index contributed by atoms with van der Waals surface area (Å²) in [5.74, 6) is -0.0319. The van der Waals surface area contributed by atoms with E-state index in [1.54, 1.807) is 29.4 Å². The Kier molecular flexibility index (Phi) is 4.37. The van der Waals surface area contributed by atoms with Crippen molar-refractivity contribution in [2.45, 2.75) is 25.8 Å². The van der Waals surface area contributed by atoms with Crippen LogP contribution in [0.4, 0.5) is 5.69 Å². The molecule has 23 heavy (non-hydrogen) atoms. The van der Waals surface area contributed by atoms with Crippen molar-refractivity contribution in [2.75, 3.05) is 11.4 Å². The van der Waals surface area contributed by atoms with Crippen LogP contribution in [0, 0.1) is 0 Å². The van der Waals surface area contributed by atoms with Crippen molar-refractivity contribution in [1.29, 1.82) is 0 Å². The quantitative estimate of drug-likeness (QED) is 0.944. The predicted molar refractivity (Wildman–Crippen MR) is 88.1 cm³/mol. The van der Waals surface area contributed by atoms with Crippen LogP contribution in [0.2, 0.25) is 0 Å². The molecule has 1 fully saturated rings. The lowest BCUT2D eigenvalue weighted by Gasteiger charge is -2.18. The highest BCUT2D eigenvalue weighted by Gasteiger charge is 2.22. The second-order valence-corrected chi connectivity index (χ2v) is 5.67. The van der Waals surface area contributed by atoms with Crippen molar-refractivity contribution in [2.24, 2.45) is 0 Å². The van der Waals surface area contributed by atoms with Gasteiger partial charge in [0.15, 0.2) is 0 Å². The summed E-state index contributed by atoms with van der Waals surface area (Å²) >= 11 is 0. The molecule has 3 rings (SSSR count). The molecule has 0 saturated carbocycles. The van der Waals surface area contributed by atoms with Gasteiger partial charge in [-0.25, -0.2) is 0 Å². The number of anilines is 1. The van der Waals surface area contributed by atoms with Crippen molar-refractivity contribution in [3.63, 3.8) is 0 Å². The Balaban J connectivity index is 1.74. The Bertz CT molecular complexity index is 715. The van der Waals surface area contributed by atoms with Crippen LogP contribution in [-0.2, 0) is 4.79 Å². The molecule has 0 aliphatic carbocycles. The highest BCUT2D eigenvalue weighted by atomic mass is 16.2. The van der Waals surface area contributed by atoms with Gasteiger partial charge in [0.05, 0.1) is 6.04 Å². The molecule has 0 unspecified atom stereocenters. The summed E-state index contributed by atoms with van der Waals surface area (Å²) in [5.41, 5.74) is 2.35. The molecule has 118 valence electrons.